The van der Waals surface area contributed by atoms with Gasteiger partial charge in [-0.15, -0.1) is 0 Å². The molecule has 4 N–H and O–H groups in total. The van der Waals surface area contributed by atoms with Gasteiger partial charge < -0.3 is 25.2 Å². The highest BCUT2D eigenvalue weighted by Gasteiger charge is 2.25. The number of aromatic nitrogens is 4. The van der Waals surface area contributed by atoms with Crippen molar-refractivity contribution in [2.24, 2.45) is 0 Å². The van der Waals surface area contributed by atoms with Crippen LogP contribution in [0, 0.1) is 0 Å². The van der Waals surface area contributed by atoms with Gasteiger partial charge in [-0.3, -0.25) is 0 Å². The first-order valence-electron chi connectivity index (χ1n) is 9.56. The van der Waals surface area contributed by atoms with E-state index in [1.165, 1.54) is 0 Å². The normalized spacial score (nSPS) is 11.4. The van der Waals surface area contributed by atoms with Gasteiger partial charge in [-0.1, -0.05) is 12.1 Å². The highest BCUT2D eigenvalue weighted by Crippen LogP contribution is 2.41. The zero-order valence-electron chi connectivity index (χ0n) is 16.6. The summed E-state index contributed by atoms with van der Waals surface area (Å²) in [6.45, 7) is 0. The summed E-state index contributed by atoms with van der Waals surface area (Å²) in [7, 11) is 3.25. The molecule has 0 aliphatic heterocycles. The molecule has 0 radical (unpaired) electrons. The maximum Gasteiger partial charge on any atom is 0.238 e. The molecular formula is C23H21N5O2. The lowest BCUT2D eigenvalue weighted by atomic mass is 9.85. The van der Waals surface area contributed by atoms with Crippen molar-refractivity contribution in [1.29, 1.82) is 0 Å². The monoisotopic (exact) mass is 399 g/mol. The highest BCUT2D eigenvalue weighted by molar-refractivity contribution is 5.92. The lowest BCUT2D eigenvalue weighted by Gasteiger charge is -2.18. The molecule has 0 unspecified atom stereocenters. The van der Waals surface area contributed by atoms with Crippen LogP contribution < -0.4 is 15.2 Å². The van der Waals surface area contributed by atoms with Crippen molar-refractivity contribution in [3.63, 3.8) is 0 Å². The van der Waals surface area contributed by atoms with Gasteiger partial charge in [0.2, 0.25) is 11.8 Å². The van der Waals surface area contributed by atoms with Crippen LogP contribution in [0.15, 0.2) is 61.2 Å². The topological polar surface area (TPSA) is 102 Å². The number of pyridine rings is 2. The number of H-pyrrole nitrogens is 2. The van der Waals surface area contributed by atoms with Crippen LogP contribution in [0.25, 0.3) is 21.8 Å². The van der Waals surface area contributed by atoms with E-state index < -0.39 is 0 Å². The molecule has 7 heteroatoms. The molecule has 0 saturated carbocycles. The van der Waals surface area contributed by atoms with Crippen LogP contribution in [0.2, 0.25) is 0 Å². The molecule has 0 saturated heterocycles. The van der Waals surface area contributed by atoms with E-state index in [1.807, 2.05) is 36.7 Å². The number of rotatable bonds is 5. The second-order valence-corrected chi connectivity index (χ2v) is 7.07. The van der Waals surface area contributed by atoms with E-state index in [0.717, 1.165) is 44.2 Å². The van der Waals surface area contributed by atoms with Crippen LogP contribution in [0.5, 0.6) is 11.8 Å². The molecule has 0 fully saturated rings. The van der Waals surface area contributed by atoms with Crippen LogP contribution in [-0.2, 0) is 0 Å². The predicted molar refractivity (Wildman–Crippen MR) is 117 cm³/mol. The minimum Gasteiger partial charge on any atom is -0.479 e. The van der Waals surface area contributed by atoms with E-state index in [1.54, 1.807) is 26.6 Å². The summed E-state index contributed by atoms with van der Waals surface area (Å²) in [5.41, 5.74) is 11.8. The van der Waals surface area contributed by atoms with Gasteiger partial charge in [0.15, 0.2) is 0 Å². The minimum absolute atomic E-state index is 0.0488. The second kappa shape index (κ2) is 7.11. The summed E-state index contributed by atoms with van der Waals surface area (Å²) in [5, 5.41) is 2.11. The highest BCUT2D eigenvalue weighted by atomic mass is 16.5. The second-order valence-electron chi connectivity index (χ2n) is 7.07. The van der Waals surface area contributed by atoms with Crippen LogP contribution >= 0.6 is 0 Å². The number of anilines is 1. The van der Waals surface area contributed by atoms with Crippen molar-refractivity contribution >= 4 is 27.5 Å². The first-order chi connectivity index (χ1) is 14.7. The summed E-state index contributed by atoms with van der Waals surface area (Å²) in [4.78, 5) is 15.3. The lowest BCUT2D eigenvalue weighted by molar-refractivity contribution is 0.402. The number of nitrogens with zero attached hydrogens (tertiary/aromatic N) is 2. The van der Waals surface area contributed by atoms with Crippen molar-refractivity contribution in [2.45, 2.75) is 5.92 Å². The van der Waals surface area contributed by atoms with E-state index in [-0.39, 0.29) is 5.92 Å². The number of nitrogen functional groups attached to an aromatic ring is 1. The minimum atomic E-state index is -0.0488. The summed E-state index contributed by atoms with van der Waals surface area (Å²) >= 11 is 0. The average molecular weight is 399 g/mol. The smallest absolute Gasteiger partial charge is 0.238 e. The number of aromatic amines is 2. The molecule has 4 heterocycles. The van der Waals surface area contributed by atoms with E-state index in [4.69, 9.17) is 15.2 Å². The third-order valence-electron chi connectivity index (χ3n) is 5.48. The molecule has 30 heavy (non-hydrogen) atoms. The van der Waals surface area contributed by atoms with Crippen LogP contribution in [-0.4, -0.2) is 34.2 Å². The molecule has 0 atom stereocenters. The Balaban J connectivity index is 1.79. The van der Waals surface area contributed by atoms with Crippen molar-refractivity contribution in [3.8, 4) is 11.8 Å². The van der Waals surface area contributed by atoms with E-state index in [2.05, 4.69) is 32.1 Å². The van der Waals surface area contributed by atoms with Gasteiger partial charge in [0.1, 0.15) is 11.0 Å². The molecule has 1 aromatic carbocycles. The Kier molecular flexibility index (Phi) is 4.28. The van der Waals surface area contributed by atoms with Crippen LogP contribution in [0.4, 0.5) is 5.69 Å². The molecular weight excluding hydrogens is 378 g/mol. The van der Waals surface area contributed by atoms with Crippen LogP contribution in [0.1, 0.15) is 22.6 Å². The lowest BCUT2D eigenvalue weighted by Crippen LogP contribution is -2.03. The molecule has 5 aromatic rings. The molecule has 0 spiro atoms. The average Bonchev–Trinajstić information content (AvgIpc) is 3.40. The summed E-state index contributed by atoms with van der Waals surface area (Å²) in [6.07, 6.45) is 7.57. The summed E-state index contributed by atoms with van der Waals surface area (Å²) < 4.78 is 10.9. The molecule has 0 bridgehead atoms. The Bertz CT molecular complexity index is 1260. The summed E-state index contributed by atoms with van der Waals surface area (Å²) in [5.74, 6) is 1.09. The Hall–Kier alpha value is -4.00. The Morgan fingerprint density at radius 2 is 1.27 bits per heavy atom. The fraction of sp³-hybridized carbons (Fsp3) is 0.130. The zero-order valence-corrected chi connectivity index (χ0v) is 16.6. The van der Waals surface area contributed by atoms with Crippen molar-refractivity contribution in [2.75, 3.05) is 20.0 Å². The summed E-state index contributed by atoms with van der Waals surface area (Å²) in [6, 6.07) is 12.0. The molecule has 150 valence electrons. The van der Waals surface area contributed by atoms with Gasteiger partial charge in [-0.25, -0.2) is 9.97 Å². The molecule has 0 aliphatic rings. The van der Waals surface area contributed by atoms with Crippen molar-refractivity contribution < 1.29 is 9.47 Å². The Labute approximate surface area is 172 Å². The predicted octanol–water partition coefficient (Wildman–Crippen LogP) is 4.22. The van der Waals surface area contributed by atoms with Crippen molar-refractivity contribution in [1.82, 2.24) is 19.9 Å². The maximum atomic E-state index is 5.96. The van der Waals surface area contributed by atoms with Crippen LogP contribution in [0.3, 0.4) is 0 Å². The standard InChI is InChI=1S/C23H21N5O2/c1-29-22-20-15(7-9-25-22)17(11-27-20)19(13-3-5-14(24)6-4-13)18-12-28-21-16(18)8-10-26-23(21)30-2/h3-12,19,27-28H,24H2,1-2H3. The van der Waals surface area contributed by atoms with Gasteiger partial charge in [-0.05, 0) is 41.0 Å². The largest absolute Gasteiger partial charge is 0.479 e. The van der Waals surface area contributed by atoms with E-state index >= 15 is 0 Å². The maximum absolute atomic E-state index is 5.96. The Morgan fingerprint density at radius 3 is 1.73 bits per heavy atom. The zero-order chi connectivity index (χ0) is 20.7. The number of ether oxygens (including phenoxy) is 2. The number of fused-ring (bicyclic) bond motifs is 2. The van der Waals surface area contributed by atoms with Gasteiger partial charge in [0.25, 0.3) is 0 Å². The molecule has 0 aliphatic carbocycles. The molecule has 4 aromatic heterocycles. The fourth-order valence-corrected chi connectivity index (χ4v) is 4.10. The Morgan fingerprint density at radius 1 is 0.767 bits per heavy atom. The first kappa shape index (κ1) is 18.1. The van der Waals surface area contributed by atoms with Crippen molar-refractivity contribution in [3.05, 3.63) is 77.9 Å². The number of methoxy groups -OCH3 is 2. The van der Waals surface area contributed by atoms with E-state index in [0.29, 0.717) is 11.8 Å². The number of nitrogens with one attached hydrogen (secondary N) is 2. The van der Waals surface area contributed by atoms with E-state index in [9.17, 15) is 0 Å². The quantitative estimate of drug-likeness (QED) is 0.384. The number of hydrogen-bond donors (Lipinski definition) is 3. The van der Waals surface area contributed by atoms with Gasteiger partial charge in [-0.2, -0.15) is 0 Å². The third kappa shape index (κ3) is 2.75. The number of hydrogen-bond acceptors (Lipinski definition) is 5. The first-order valence-corrected chi connectivity index (χ1v) is 9.56. The third-order valence-corrected chi connectivity index (χ3v) is 5.48. The van der Waals surface area contributed by atoms with Gasteiger partial charge in [0, 0.05) is 47.2 Å². The number of benzene rings is 1. The fourth-order valence-electron chi connectivity index (χ4n) is 4.10. The SMILES string of the molecule is COc1nccc2c(C(c3ccc(N)cc3)c3c[nH]c4c(OC)nccc34)c[nH]c12. The number of nitrogens with two attached hydrogens (primary N) is 1. The molecule has 0 amide bonds. The van der Waals surface area contributed by atoms with Gasteiger partial charge in [0.05, 0.1) is 14.2 Å². The molecule has 7 nitrogen and oxygen atoms in total. The van der Waals surface area contributed by atoms with Gasteiger partial charge >= 0.3 is 0 Å². The molecule has 5 rings (SSSR count).